The predicted molar refractivity (Wildman–Crippen MR) is 64.3 cm³/mol. The van der Waals surface area contributed by atoms with Crippen molar-refractivity contribution in [3.8, 4) is 11.8 Å². The van der Waals surface area contributed by atoms with Crippen LogP contribution >= 0.6 is 0 Å². The molecule has 0 aliphatic carbocycles. The van der Waals surface area contributed by atoms with Gasteiger partial charge in [-0.25, -0.2) is 8.42 Å². The molecule has 1 aromatic rings. The fourth-order valence-corrected chi connectivity index (χ4v) is 2.86. The van der Waals surface area contributed by atoms with E-state index in [1.54, 1.807) is 0 Å². The normalized spacial score (nSPS) is 10.8. The van der Waals surface area contributed by atoms with E-state index in [-0.39, 0.29) is 22.8 Å². The van der Waals surface area contributed by atoms with Gasteiger partial charge in [-0.3, -0.25) is 0 Å². The van der Waals surface area contributed by atoms with Crippen molar-refractivity contribution in [3.05, 3.63) is 18.2 Å². The summed E-state index contributed by atoms with van der Waals surface area (Å²) in [6, 6.07) is 6.32. The summed E-state index contributed by atoms with van der Waals surface area (Å²) in [7, 11) is -2.03. The molecule has 1 rings (SSSR count). The number of unbranched alkanes of at least 4 members (excludes halogenated alkanes) is 1. The van der Waals surface area contributed by atoms with Gasteiger partial charge in [-0.1, -0.05) is 0 Å². The van der Waals surface area contributed by atoms with Crippen LogP contribution in [0.4, 0.5) is 5.69 Å². The van der Waals surface area contributed by atoms with Crippen LogP contribution in [-0.4, -0.2) is 21.3 Å². The van der Waals surface area contributed by atoms with Gasteiger partial charge in [-0.2, -0.15) is 5.26 Å². The maximum Gasteiger partial charge on any atom is 0.182 e. The smallest absolute Gasteiger partial charge is 0.182 e. The molecule has 0 aliphatic rings. The number of ether oxygens (including phenoxy) is 1. The highest BCUT2D eigenvalue weighted by Gasteiger charge is 2.19. The zero-order valence-electron chi connectivity index (χ0n) is 9.51. The topological polar surface area (TPSA) is 93.2 Å². The summed E-state index contributed by atoms with van der Waals surface area (Å²) in [6.45, 7) is 0. The van der Waals surface area contributed by atoms with Gasteiger partial charge in [0.2, 0.25) is 0 Å². The van der Waals surface area contributed by atoms with Crippen LogP contribution in [0, 0.1) is 11.3 Å². The number of nitrogens with two attached hydrogens (primary N) is 1. The number of nitrogens with zero attached hydrogens (tertiary/aromatic N) is 1. The largest absolute Gasteiger partial charge is 0.495 e. The molecular formula is C11H14N2O3S. The van der Waals surface area contributed by atoms with Crippen molar-refractivity contribution in [2.45, 2.75) is 17.7 Å². The minimum absolute atomic E-state index is 0.0686. The van der Waals surface area contributed by atoms with Crippen LogP contribution in [0.15, 0.2) is 23.1 Å². The lowest BCUT2D eigenvalue weighted by Crippen LogP contribution is -2.08. The monoisotopic (exact) mass is 254 g/mol. The summed E-state index contributed by atoms with van der Waals surface area (Å²) >= 11 is 0. The van der Waals surface area contributed by atoms with Crippen LogP contribution in [-0.2, 0) is 9.84 Å². The number of nitrogen functional groups attached to an aromatic ring is 1. The molecule has 17 heavy (non-hydrogen) atoms. The summed E-state index contributed by atoms with van der Waals surface area (Å²) in [5, 5.41) is 8.38. The number of sulfone groups is 1. The van der Waals surface area contributed by atoms with Crippen molar-refractivity contribution in [2.24, 2.45) is 0 Å². The Hall–Kier alpha value is -1.74. The van der Waals surface area contributed by atoms with Gasteiger partial charge in [0, 0.05) is 18.2 Å². The molecule has 0 spiro atoms. The van der Waals surface area contributed by atoms with Crippen molar-refractivity contribution >= 4 is 15.5 Å². The molecule has 92 valence electrons. The van der Waals surface area contributed by atoms with Crippen LogP contribution < -0.4 is 10.5 Å². The SMILES string of the molecule is COc1cc(N)ccc1S(=O)(=O)CCCC#N. The van der Waals surface area contributed by atoms with Gasteiger partial charge in [0.15, 0.2) is 9.84 Å². The first-order valence-corrected chi connectivity index (χ1v) is 6.69. The molecule has 0 radical (unpaired) electrons. The van der Waals surface area contributed by atoms with Gasteiger partial charge < -0.3 is 10.5 Å². The van der Waals surface area contributed by atoms with Gasteiger partial charge in [0.05, 0.1) is 18.9 Å². The molecule has 6 heteroatoms. The standard InChI is InChI=1S/C11H14N2O3S/c1-16-10-8-9(13)4-5-11(10)17(14,15)7-3-2-6-12/h4-5,8H,2-3,7,13H2,1H3. The quantitative estimate of drug-likeness (QED) is 0.632. The Morgan fingerprint density at radius 3 is 2.76 bits per heavy atom. The Balaban J connectivity index is 3.03. The van der Waals surface area contributed by atoms with E-state index >= 15 is 0 Å². The first-order chi connectivity index (χ1) is 8.01. The summed E-state index contributed by atoms with van der Waals surface area (Å²) in [5.74, 6) is 0.169. The Labute approximate surface area is 101 Å². The molecule has 1 aromatic carbocycles. The lowest BCUT2D eigenvalue weighted by atomic mass is 10.3. The molecule has 0 saturated heterocycles. The van der Waals surface area contributed by atoms with Crippen molar-refractivity contribution in [1.29, 1.82) is 5.26 Å². The molecule has 0 saturated carbocycles. The fraction of sp³-hybridized carbons (Fsp3) is 0.364. The molecule has 0 bridgehead atoms. The third-order valence-corrected chi connectivity index (χ3v) is 4.06. The van der Waals surface area contributed by atoms with Crippen LogP contribution in [0.2, 0.25) is 0 Å². The Bertz CT molecular complexity index is 532. The second-order valence-corrected chi connectivity index (χ2v) is 5.57. The molecule has 0 aliphatic heterocycles. The molecule has 0 aromatic heterocycles. The molecule has 0 heterocycles. The van der Waals surface area contributed by atoms with Gasteiger partial charge in [-0.15, -0.1) is 0 Å². The van der Waals surface area contributed by atoms with E-state index in [1.165, 1.54) is 25.3 Å². The Morgan fingerprint density at radius 2 is 2.18 bits per heavy atom. The number of hydrogen-bond acceptors (Lipinski definition) is 5. The zero-order chi connectivity index (χ0) is 12.9. The average molecular weight is 254 g/mol. The second-order valence-electron chi connectivity index (χ2n) is 3.49. The number of methoxy groups -OCH3 is 1. The number of hydrogen-bond donors (Lipinski definition) is 1. The van der Waals surface area contributed by atoms with E-state index in [4.69, 9.17) is 15.7 Å². The summed E-state index contributed by atoms with van der Waals surface area (Å²) in [5.41, 5.74) is 5.99. The lowest BCUT2D eigenvalue weighted by Gasteiger charge is -2.09. The fourth-order valence-electron chi connectivity index (χ4n) is 1.39. The average Bonchev–Trinajstić information content (AvgIpc) is 2.28. The number of rotatable bonds is 5. The third-order valence-electron chi connectivity index (χ3n) is 2.22. The highest BCUT2D eigenvalue weighted by Crippen LogP contribution is 2.27. The predicted octanol–water partition coefficient (Wildman–Crippen LogP) is 1.35. The molecule has 0 fully saturated rings. The molecular weight excluding hydrogens is 240 g/mol. The zero-order valence-corrected chi connectivity index (χ0v) is 10.3. The van der Waals surface area contributed by atoms with E-state index < -0.39 is 9.84 Å². The molecule has 0 unspecified atom stereocenters. The van der Waals surface area contributed by atoms with E-state index in [9.17, 15) is 8.42 Å². The van der Waals surface area contributed by atoms with Crippen molar-refractivity contribution in [3.63, 3.8) is 0 Å². The van der Waals surface area contributed by atoms with E-state index in [0.29, 0.717) is 12.1 Å². The van der Waals surface area contributed by atoms with Crippen LogP contribution in [0.1, 0.15) is 12.8 Å². The van der Waals surface area contributed by atoms with Crippen LogP contribution in [0.25, 0.3) is 0 Å². The summed E-state index contributed by atoms with van der Waals surface area (Å²) in [4.78, 5) is 0.118. The Morgan fingerprint density at radius 1 is 1.47 bits per heavy atom. The van der Waals surface area contributed by atoms with Crippen molar-refractivity contribution in [1.82, 2.24) is 0 Å². The first-order valence-electron chi connectivity index (χ1n) is 5.04. The van der Waals surface area contributed by atoms with Gasteiger partial charge in [0.25, 0.3) is 0 Å². The van der Waals surface area contributed by atoms with Crippen molar-refractivity contribution < 1.29 is 13.2 Å². The third kappa shape index (κ3) is 3.36. The number of anilines is 1. The van der Waals surface area contributed by atoms with E-state index in [1.807, 2.05) is 6.07 Å². The minimum atomic E-state index is -3.42. The maximum absolute atomic E-state index is 12.0. The van der Waals surface area contributed by atoms with E-state index in [0.717, 1.165) is 0 Å². The maximum atomic E-state index is 12.0. The molecule has 0 atom stereocenters. The molecule has 5 nitrogen and oxygen atoms in total. The van der Waals surface area contributed by atoms with Gasteiger partial charge in [0.1, 0.15) is 10.6 Å². The van der Waals surface area contributed by atoms with E-state index in [2.05, 4.69) is 0 Å². The first kappa shape index (κ1) is 13.3. The minimum Gasteiger partial charge on any atom is -0.495 e. The highest BCUT2D eigenvalue weighted by molar-refractivity contribution is 7.91. The van der Waals surface area contributed by atoms with Gasteiger partial charge in [-0.05, 0) is 18.6 Å². The number of nitriles is 1. The summed E-state index contributed by atoms with van der Waals surface area (Å²) in [6.07, 6.45) is 0.531. The Kier molecular flexibility index (Phi) is 4.35. The van der Waals surface area contributed by atoms with Crippen LogP contribution in [0.5, 0.6) is 5.75 Å². The van der Waals surface area contributed by atoms with Gasteiger partial charge >= 0.3 is 0 Å². The molecule has 2 N–H and O–H groups in total. The van der Waals surface area contributed by atoms with Crippen molar-refractivity contribution in [2.75, 3.05) is 18.6 Å². The second kappa shape index (κ2) is 5.55. The van der Waals surface area contributed by atoms with Crippen LogP contribution in [0.3, 0.4) is 0 Å². The highest BCUT2D eigenvalue weighted by atomic mass is 32.2. The molecule has 0 amide bonds. The summed E-state index contributed by atoms with van der Waals surface area (Å²) < 4.78 is 28.9. The number of benzene rings is 1. The lowest BCUT2D eigenvalue weighted by molar-refractivity contribution is 0.403.